The third-order valence-corrected chi connectivity index (χ3v) is 5.58. The zero-order chi connectivity index (χ0) is 16.8. The molecule has 1 atom stereocenters. The number of hydrogen-bond donors (Lipinski definition) is 1. The number of carbonyl (C=O) groups is 2. The molecule has 1 amide bonds. The van der Waals surface area contributed by atoms with E-state index in [2.05, 4.69) is 0 Å². The van der Waals surface area contributed by atoms with E-state index in [1.165, 1.54) is 4.31 Å². The predicted octanol–water partition coefficient (Wildman–Crippen LogP) is 0.555. The first kappa shape index (κ1) is 15.8. The van der Waals surface area contributed by atoms with Crippen LogP contribution < -0.4 is 4.31 Å². The van der Waals surface area contributed by atoms with E-state index in [0.29, 0.717) is 37.2 Å². The number of benzene rings is 1. The maximum Gasteiger partial charge on any atom is 0.308 e. The highest BCUT2D eigenvalue weighted by Gasteiger charge is 2.32. The van der Waals surface area contributed by atoms with Gasteiger partial charge in [0.2, 0.25) is 10.0 Å². The monoisotopic (exact) mass is 338 g/mol. The van der Waals surface area contributed by atoms with Gasteiger partial charge < -0.3 is 10.0 Å². The number of carbonyl (C=O) groups excluding carboxylic acids is 1. The molecule has 0 spiro atoms. The highest BCUT2D eigenvalue weighted by Crippen LogP contribution is 2.31. The van der Waals surface area contributed by atoms with Crippen LogP contribution in [-0.2, 0) is 21.2 Å². The summed E-state index contributed by atoms with van der Waals surface area (Å²) in [6.45, 7) is 1.04. The standard InChI is InChI=1S/C15H18N2O5S/c1-23(21,22)17-7-5-10-8-11(2-3-13(10)17)14(18)16-6-4-12(9-16)15(19)20/h2-3,8,12H,4-7,9H2,1H3,(H,19,20). The molecule has 23 heavy (non-hydrogen) atoms. The molecule has 1 unspecified atom stereocenters. The van der Waals surface area contributed by atoms with Gasteiger partial charge in [-0.05, 0) is 36.6 Å². The Morgan fingerprint density at radius 3 is 2.61 bits per heavy atom. The second-order valence-corrected chi connectivity index (χ2v) is 7.91. The van der Waals surface area contributed by atoms with Gasteiger partial charge in [0.25, 0.3) is 5.91 Å². The summed E-state index contributed by atoms with van der Waals surface area (Å²) in [6, 6.07) is 4.98. The Morgan fingerprint density at radius 2 is 2.00 bits per heavy atom. The summed E-state index contributed by atoms with van der Waals surface area (Å²) in [4.78, 5) is 25.0. The Balaban J connectivity index is 1.81. The lowest BCUT2D eigenvalue weighted by Crippen LogP contribution is -2.30. The second kappa shape index (κ2) is 5.52. The van der Waals surface area contributed by atoms with E-state index in [1.54, 1.807) is 23.1 Å². The molecule has 0 radical (unpaired) electrons. The normalized spacial score (nSPS) is 20.7. The van der Waals surface area contributed by atoms with E-state index < -0.39 is 21.9 Å². The molecule has 1 N–H and O–H groups in total. The number of carboxylic acids is 1. The zero-order valence-electron chi connectivity index (χ0n) is 12.7. The van der Waals surface area contributed by atoms with Crippen LogP contribution in [0.3, 0.4) is 0 Å². The van der Waals surface area contributed by atoms with Crippen LogP contribution in [0.25, 0.3) is 0 Å². The van der Waals surface area contributed by atoms with Gasteiger partial charge in [0.1, 0.15) is 0 Å². The Kier molecular flexibility index (Phi) is 3.79. The second-order valence-electron chi connectivity index (χ2n) is 6.00. The maximum atomic E-state index is 12.5. The first-order valence-electron chi connectivity index (χ1n) is 7.40. The number of fused-ring (bicyclic) bond motifs is 1. The third kappa shape index (κ3) is 2.90. The fourth-order valence-electron chi connectivity index (χ4n) is 3.18. The summed E-state index contributed by atoms with van der Waals surface area (Å²) in [6.07, 6.45) is 2.20. The minimum atomic E-state index is -3.31. The van der Waals surface area contributed by atoms with Crippen LogP contribution >= 0.6 is 0 Å². The summed E-state index contributed by atoms with van der Waals surface area (Å²) in [5.74, 6) is -1.58. The van der Waals surface area contributed by atoms with Crippen LogP contribution in [0.2, 0.25) is 0 Å². The number of likely N-dealkylation sites (tertiary alicyclic amines) is 1. The number of hydrogen-bond acceptors (Lipinski definition) is 4. The molecule has 1 fully saturated rings. The van der Waals surface area contributed by atoms with E-state index in [4.69, 9.17) is 5.11 Å². The van der Waals surface area contributed by atoms with Gasteiger partial charge >= 0.3 is 5.97 Å². The van der Waals surface area contributed by atoms with Crippen LogP contribution in [0.4, 0.5) is 5.69 Å². The summed E-state index contributed by atoms with van der Waals surface area (Å²) in [5.41, 5.74) is 1.93. The van der Waals surface area contributed by atoms with E-state index in [9.17, 15) is 18.0 Å². The van der Waals surface area contributed by atoms with Crippen molar-refractivity contribution in [2.24, 2.45) is 5.92 Å². The molecule has 1 aromatic carbocycles. The van der Waals surface area contributed by atoms with Gasteiger partial charge in [-0.15, -0.1) is 0 Å². The van der Waals surface area contributed by atoms with E-state index in [1.807, 2.05) is 0 Å². The Labute approximate surface area is 134 Å². The van der Waals surface area contributed by atoms with E-state index >= 15 is 0 Å². The molecule has 1 aromatic rings. The Bertz CT molecular complexity index is 774. The zero-order valence-corrected chi connectivity index (χ0v) is 13.5. The highest BCUT2D eigenvalue weighted by molar-refractivity contribution is 7.92. The smallest absolute Gasteiger partial charge is 0.308 e. The molecule has 1 saturated heterocycles. The number of carboxylic acid groups (broad SMARTS) is 1. The largest absolute Gasteiger partial charge is 0.481 e. The molecule has 0 aromatic heterocycles. The summed E-state index contributed by atoms with van der Waals surface area (Å²) in [5, 5.41) is 9.02. The molecule has 8 heteroatoms. The third-order valence-electron chi connectivity index (χ3n) is 4.40. The first-order chi connectivity index (χ1) is 10.8. The lowest BCUT2D eigenvalue weighted by molar-refractivity contribution is -0.141. The number of nitrogens with zero attached hydrogens (tertiary/aromatic N) is 2. The average Bonchev–Trinajstić information content (AvgIpc) is 3.12. The van der Waals surface area contributed by atoms with Crippen LogP contribution in [0.5, 0.6) is 0 Å². The van der Waals surface area contributed by atoms with Crippen molar-refractivity contribution in [3.63, 3.8) is 0 Å². The fraction of sp³-hybridized carbons (Fsp3) is 0.467. The highest BCUT2D eigenvalue weighted by atomic mass is 32.2. The molecule has 3 rings (SSSR count). The minimum Gasteiger partial charge on any atom is -0.481 e. The van der Waals surface area contributed by atoms with Crippen LogP contribution in [-0.4, -0.2) is 56.2 Å². The predicted molar refractivity (Wildman–Crippen MR) is 84.0 cm³/mol. The summed E-state index contributed by atoms with van der Waals surface area (Å²) >= 11 is 0. The molecule has 7 nitrogen and oxygen atoms in total. The number of aliphatic carboxylic acids is 1. The molecule has 0 aliphatic carbocycles. The number of anilines is 1. The number of rotatable bonds is 3. The van der Waals surface area contributed by atoms with E-state index in [-0.39, 0.29) is 12.5 Å². The quantitative estimate of drug-likeness (QED) is 0.869. The van der Waals surface area contributed by atoms with Gasteiger partial charge in [-0.2, -0.15) is 0 Å². The lowest BCUT2D eigenvalue weighted by atomic mass is 10.1. The fourth-order valence-corrected chi connectivity index (χ4v) is 4.14. The van der Waals surface area contributed by atoms with Gasteiger partial charge in [0.15, 0.2) is 0 Å². The Hall–Kier alpha value is -2.09. The molecular weight excluding hydrogens is 320 g/mol. The molecule has 2 heterocycles. The van der Waals surface area contributed by atoms with Crippen molar-refractivity contribution in [2.75, 3.05) is 30.2 Å². The summed E-state index contributed by atoms with van der Waals surface area (Å²) in [7, 11) is -3.31. The van der Waals surface area contributed by atoms with Crippen molar-refractivity contribution in [2.45, 2.75) is 12.8 Å². The molecule has 0 saturated carbocycles. The minimum absolute atomic E-state index is 0.200. The van der Waals surface area contributed by atoms with Gasteiger partial charge in [0.05, 0.1) is 17.9 Å². The average molecular weight is 338 g/mol. The Morgan fingerprint density at radius 1 is 1.26 bits per heavy atom. The van der Waals surface area contributed by atoms with Crippen molar-refractivity contribution in [1.82, 2.24) is 4.90 Å². The molecular formula is C15H18N2O5S. The number of amides is 1. The first-order valence-corrected chi connectivity index (χ1v) is 9.25. The summed E-state index contributed by atoms with van der Waals surface area (Å²) < 4.78 is 24.8. The lowest BCUT2D eigenvalue weighted by Gasteiger charge is -2.18. The molecule has 124 valence electrons. The van der Waals surface area contributed by atoms with Crippen LogP contribution in [0.1, 0.15) is 22.3 Å². The van der Waals surface area contributed by atoms with Crippen molar-refractivity contribution in [1.29, 1.82) is 0 Å². The maximum absolute atomic E-state index is 12.5. The number of sulfonamides is 1. The SMILES string of the molecule is CS(=O)(=O)N1CCc2cc(C(=O)N3CCC(C(=O)O)C3)ccc21. The molecule has 2 aliphatic rings. The van der Waals surface area contributed by atoms with Gasteiger partial charge in [-0.3, -0.25) is 13.9 Å². The molecule has 0 bridgehead atoms. The van der Waals surface area contributed by atoms with Crippen LogP contribution in [0.15, 0.2) is 18.2 Å². The van der Waals surface area contributed by atoms with Gasteiger partial charge in [0, 0.05) is 25.2 Å². The van der Waals surface area contributed by atoms with Gasteiger partial charge in [-0.1, -0.05) is 0 Å². The van der Waals surface area contributed by atoms with Gasteiger partial charge in [-0.25, -0.2) is 8.42 Å². The van der Waals surface area contributed by atoms with Crippen molar-refractivity contribution >= 4 is 27.6 Å². The van der Waals surface area contributed by atoms with Crippen molar-refractivity contribution < 1.29 is 23.1 Å². The van der Waals surface area contributed by atoms with Crippen molar-refractivity contribution in [3.8, 4) is 0 Å². The topological polar surface area (TPSA) is 95.0 Å². The van der Waals surface area contributed by atoms with Crippen molar-refractivity contribution in [3.05, 3.63) is 29.3 Å². The molecule has 2 aliphatic heterocycles. The van der Waals surface area contributed by atoms with E-state index in [0.717, 1.165) is 11.8 Å². The van der Waals surface area contributed by atoms with Crippen LogP contribution in [0, 0.1) is 5.92 Å².